The van der Waals surface area contributed by atoms with Gasteiger partial charge in [0.25, 0.3) is 0 Å². The largest absolute Gasteiger partial charge is 0.292 e. The van der Waals surface area contributed by atoms with Crippen molar-refractivity contribution in [3.63, 3.8) is 0 Å². The second-order valence-electron chi connectivity index (χ2n) is 3.74. The molecule has 1 saturated heterocycles. The average Bonchev–Trinajstić information content (AvgIpc) is 2.59. The van der Waals surface area contributed by atoms with Gasteiger partial charge in [-0.3, -0.25) is 4.90 Å². The summed E-state index contributed by atoms with van der Waals surface area (Å²) in [4.78, 5) is 2.46. The van der Waals surface area contributed by atoms with Gasteiger partial charge in [0, 0.05) is 23.6 Å². The molecule has 0 radical (unpaired) electrons. The molecule has 3 nitrogen and oxygen atoms in total. The summed E-state index contributed by atoms with van der Waals surface area (Å²) in [6.07, 6.45) is 0. The van der Waals surface area contributed by atoms with Crippen molar-refractivity contribution in [1.29, 1.82) is 0 Å². The lowest BCUT2D eigenvalue weighted by Gasteiger charge is -2.36. The van der Waals surface area contributed by atoms with Crippen LogP contribution in [0.4, 0.5) is 0 Å². The zero-order chi connectivity index (χ0) is 10.8. The van der Waals surface area contributed by atoms with Gasteiger partial charge < -0.3 is 0 Å². The number of nitrogens with zero attached hydrogens (tertiary/aromatic N) is 3. The second-order valence-corrected chi connectivity index (χ2v) is 6.87. The Labute approximate surface area is 103 Å². The molecule has 0 bridgehead atoms. The summed E-state index contributed by atoms with van der Waals surface area (Å²) in [5, 5.41) is 9.60. The summed E-state index contributed by atoms with van der Waals surface area (Å²) in [6.45, 7) is 6.58. The smallest absolute Gasteiger partial charge is 0.207 e. The Morgan fingerprint density at radius 1 is 1.47 bits per heavy atom. The van der Waals surface area contributed by atoms with Gasteiger partial charge in [0.15, 0.2) is 0 Å². The lowest BCUT2D eigenvalue weighted by Crippen LogP contribution is -2.43. The van der Waals surface area contributed by atoms with Crippen molar-refractivity contribution >= 4 is 34.7 Å². The average molecular weight is 264 g/mol. The SMILES string of the molecule is CC1SCCN(Cc2nnc(Cl)s2)C1C. The number of thioether (sulfide) groups is 1. The van der Waals surface area contributed by atoms with E-state index < -0.39 is 0 Å². The third-order valence-corrected chi connectivity index (χ3v) is 5.14. The molecule has 1 aromatic rings. The summed E-state index contributed by atoms with van der Waals surface area (Å²) >= 11 is 9.29. The van der Waals surface area contributed by atoms with Crippen molar-refractivity contribution in [1.82, 2.24) is 15.1 Å². The molecule has 0 aromatic carbocycles. The van der Waals surface area contributed by atoms with Gasteiger partial charge in [-0.1, -0.05) is 18.3 Å². The van der Waals surface area contributed by atoms with E-state index in [0.29, 0.717) is 15.8 Å². The summed E-state index contributed by atoms with van der Waals surface area (Å²) in [6, 6.07) is 0.603. The highest BCUT2D eigenvalue weighted by Crippen LogP contribution is 2.26. The first kappa shape index (κ1) is 11.6. The van der Waals surface area contributed by atoms with Crippen LogP contribution in [0.15, 0.2) is 0 Å². The minimum absolute atomic E-state index is 0.539. The van der Waals surface area contributed by atoms with Crippen LogP contribution in [-0.2, 0) is 6.54 Å². The van der Waals surface area contributed by atoms with Crippen molar-refractivity contribution < 1.29 is 0 Å². The fourth-order valence-electron chi connectivity index (χ4n) is 1.69. The maximum absolute atomic E-state index is 5.77. The van der Waals surface area contributed by atoms with Crippen LogP contribution >= 0.6 is 34.7 Å². The zero-order valence-corrected chi connectivity index (χ0v) is 11.2. The highest BCUT2D eigenvalue weighted by Gasteiger charge is 2.25. The number of halogens is 1. The fourth-order valence-corrected chi connectivity index (χ4v) is 3.74. The van der Waals surface area contributed by atoms with E-state index in [1.54, 1.807) is 0 Å². The van der Waals surface area contributed by atoms with Crippen LogP contribution in [-0.4, -0.2) is 38.7 Å². The Bertz CT molecular complexity index is 331. The molecule has 0 saturated carbocycles. The Kier molecular flexibility index (Phi) is 3.88. The lowest BCUT2D eigenvalue weighted by molar-refractivity contribution is 0.204. The van der Waals surface area contributed by atoms with Crippen LogP contribution in [0.5, 0.6) is 0 Å². The Morgan fingerprint density at radius 3 is 2.93 bits per heavy atom. The third-order valence-electron chi connectivity index (χ3n) is 2.80. The lowest BCUT2D eigenvalue weighted by atomic mass is 10.2. The first-order valence-electron chi connectivity index (χ1n) is 5.00. The molecule has 2 rings (SSSR count). The summed E-state index contributed by atoms with van der Waals surface area (Å²) in [5.41, 5.74) is 0. The highest BCUT2D eigenvalue weighted by atomic mass is 35.5. The van der Waals surface area contributed by atoms with E-state index in [2.05, 4.69) is 28.9 Å². The molecule has 0 N–H and O–H groups in total. The normalized spacial score (nSPS) is 28.2. The maximum Gasteiger partial charge on any atom is 0.207 e. The van der Waals surface area contributed by atoms with Crippen molar-refractivity contribution in [3.05, 3.63) is 9.47 Å². The minimum atomic E-state index is 0.539. The molecule has 2 unspecified atom stereocenters. The van der Waals surface area contributed by atoms with E-state index in [1.807, 2.05) is 11.8 Å². The molecule has 2 atom stereocenters. The Balaban J connectivity index is 1.99. The van der Waals surface area contributed by atoms with E-state index >= 15 is 0 Å². The van der Waals surface area contributed by atoms with Gasteiger partial charge in [0.2, 0.25) is 4.47 Å². The van der Waals surface area contributed by atoms with Crippen LogP contribution in [0.3, 0.4) is 0 Å². The molecular weight excluding hydrogens is 250 g/mol. The number of aromatic nitrogens is 2. The van der Waals surface area contributed by atoms with Gasteiger partial charge in [-0.05, 0) is 18.5 Å². The molecule has 1 fully saturated rings. The second kappa shape index (κ2) is 4.99. The molecule has 0 spiro atoms. The van der Waals surface area contributed by atoms with E-state index in [0.717, 1.165) is 18.1 Å². The van der Waals surface area contributed by atoms with Crippen LogP contribution in [0.2, 0.25) is 4.47 Å². The van der Waals surface area contributed by atoms with E-state index in [4.69, 9.17) is 11.6 Å². The van der Waals surface area contributed by atoms with Gasteiger partial charge in [0.1, 0.15) is 5.01 Å². The molecule has 1 aromatic heterocycles. The molecule has 1 aliphatic heterocycles. The number of rotatable bonds is 2. The standard InChI is InChI=1S/C9H14ClN3S2/c1-6-7(2)14-4-3-13(6)5-8-11-12-9(10)15-8/h6-7H,3-5H2,1-2H3. The predicted molar refractivity (Wildman–Crippen MR) is 66.7 cm³/mol. The predicted octanol–water partition coefficient (Wildman–Crippen LogP) is 2.52. The van der Waals surface area contributed by atoms with E-state index in [9.17, 15) is 0 Å². The summed E-state index contributed by atoms with van der Waals surface area (Å²) in [5.74, 6) is 1.21. The number of hydrogen-bond acceptors (Lipinski definition) is 5. The first-order chi connectivity index (χ1) is 7.16. The van der Waals surface area contributed by atoms with E-state index in [-0.39, 0.29) is 0 Å². The van der Waals surface area contributed by atoms with Crippen LogP contribution in [0.25, 0.3) is 0 Å². The van der Waals surface area contributed by atoms with Gasteiger partial charge in [0.05, 0.1) is 6.54 Å². The summed E-state index contributed by atoms with van der Waals surface area (Å²) < 4.78 is 0.539. The third kappa shape index (κ3) is 2.84. The summed E-state index contributed by atoms with van der Waals surface area (Å²) in [7, 11) is 0. The van der Waals surface area contributed by atoms with Gasteiger partial charge >= 0.3 is 0 Å². The monoisotopic (exact) mass is 263 g/mol. The van der Waals surface area contributed by atoms with Gasteiger partial charge in [-0.2, -0.15) is 11.8 Å². The van der Waals surface area contributed by atoms with Crippen molar-refractivity contribution in [2.45, 2.75) is 31.7 Å². The van der Waals surface area contributed by atoms with Crippen molar-refractivity contribution in [2.24, 2.45) is 0 Å². The molecular formula is C9H14ClN3S2. The Morgan fingerprint density at radius 2 is 2.27 bits per heavy atom. The quantitative estimate of drug-likeness (QED) is 0.820. The first-order valence-corrected chi connectivity index (χ1v) is 7.24. The molecule has 1 aliphatic rings. The van der Waals surface area contributed by atoms with Gasteiger partial charge in [-0.25, -0.2) is 0 Å². The van der Waals surface area contributed by atoms with Crippen LogP contribution in [0.1, 0.15) is 18.9 Å². The van der Waals surface area contributed by atoms with E-state index in [1.165, 1.54) is 17.1 Å². The maximum atomic E-state index is 5.77. The van der Waals surface area contributed by atoms with Crippen molar-refractivity contribution in [2.75, 3.05) is 12.3 Å². The molecule has 6 heteroatoms. The molecule has 0 amide bonds. The van der Waals surface area contributed by atoms with Crippen LogP contribution < -0.4 is 0 Å². The molecule has 84 valence electrons. The number of hydrogen-bond donors (Lipinski definition) is 0. The Hall–Kier alpha value is 0.160. The molecule has 2 heterocycles. The topological polar surface area (TPSA) is 29.0 Å². The van der Waals surface area contributed by atoms with Crippen LogP contribution in [0, 0.1) is 0 Å². The highest BCUT2D eigenvalue weighted by molar-refractivity contribution is 8.00. The van der Waals surface area contributed by atoms with Gasteiger partial charge in [-0.15, -0.1) is 10.2 Å². The zero-order valence-electron chi connectivity index (χ0n) is 8.81. The fraction of sp³-hybridized carbons (Fsp3) is 0.778. The van der Waals surface area contributed by atoms with Crippen molar-refractivity contribution in [3.8, 4) is 0 Å². The minimum Gasteiger partial charge on any atom is -0.292 e. The molecule has 15 heavy (non-hydrogen) atoms. The molecule has 0 aliphatic carbocycles.